The summed E-state index contributed by atoms with van der Waals surface area (Å²) >= 11 is 5.21. The molecule has 0 aromatic heterocycles. The highest BCUT2D eigenvalue weighted by molar-refractivity contribution is 7.80. The van der Waals surface area contributed by atoms with E-state index >= 15 is 0 Å². The van der Waals surface area contributed by atoms with Crippen LogP contribution in [0.25, 0.3) is 0 Å². The normalized spacial score (nSPS) is 25.4. The molecule has 1 aromatic carbocycles. The van der Waals surface area contributed by atoms with Gasteiger partial charge in [-0.1, -0.05) is 24.4 Å². The van der Waals surface area contributed by atoms with Gasteiger partial charge in [0.1, 0.15) is 5.75 Å². The number of β-lactam (4-membered cyclic amide) rings is 1. The van der Waals surface area contributed by atoms with E-state index in [2.05, 4.69) is 5.32 Å². The van der Waals surface area contributed by atoms with Crippen molar-refractivity contribution in [3.63, 3.8) is 0 Å². The molecule has 1 amide bonds. The zero-order chi connectivity index (χ0) is 14.2. The second-order valence-electron chi connectivity index (χ2n) is 5.57. The molecule has 0 radical (unpaired) electrons. The molecule has 3 rings (SSSR count). The van der Waals surface area contributed by atoms with E-state index in [1.165, 1.54) is 0 Å². The Kier molecular flexibility index (Phi) is 3.38. The van der Waals surface area contributed by atoms with Crippen molar-refractivity contribution in [2.24, 2.45) is 5.41 Å². The van der Waals surface area contributed by atoms with E-state index in [0.717, 1.165) is 35.8 Å². The molecule has 1 atom stereocenters. The predicted octanol–water partition coefficient (Wildman–Crippen LogP) is 1.73. The summed E-state index contributed by atoms with van der Waals surface area (Å²) in [4.78, 5) is 15.2. The standard InChI is InChI=1S/C15H18N2O2S/c1-19-12-4-2-11(3-5-12)9-17-10-15(14(17)18)6-7-16-13(20)8-15/h2-5H,6-10H2,1H3,(H,16,20). The van der Waals surface area contributed by atoms with E-state index in [1.807, 2.05) is 29.2 Å². The van der Waals surface area contributed by atoms with Crippen LogP contribution in [-0.2, 0) is 11.3 Å². The minimum absolute atomic E-state index is 0.213. The fourth-order valence-corrected chi connectivity index (χ4v) is 3.42. The van der Waals surface area contributed by atoms with Gasteiger partial charge < -0.3 is 15.0 Å². The summed E-state index contributed by atoms with van der Waals surface area (Å²) in [6, 6.07) is 7.86. The highest BCUT2D eigenvalue weighted by Gasteiger charge is 2.52. The lowest BCUT2D eigenvalue weighted by atomic mass is 9.71. The average Bonchev–Trinajstić information content (AvgIpc) is 2.47. The van der Waals surface area contributed by atoms with Gasteiger partial charge in [-0.05, 0) is 24.1 Å². The van der Waals surface area contributed by atoms with E-state index in [4.69, 9.17) is 17.0 Å². The van der Waals surface area contributed by atoms with Crippen LogP contribution >= 0.6 is 12.2 Å². The molecule has 106 valence electrons. The van der Waals surface area contributed by atoms with Crippen LogP contribution in [0.1, 0.15) is 18.4 Å². The Hall–Kier alpha value is -1.62. The number of nitrogens with zero attached hydrogens (tertiary/aromatic N) is 1. The number of piperidine rings is 1. The number of carbonyl (C=O) groups excluding carboxylic acids is 1. The summed E-state index contributed by atoms with van der Waals surface area (Å²) in [5, 5.41) is 3.15. The summed E-state index contributed by atoms with van der Waals surface area (Å²) in [7, 11) is 1.65. The molecule has 2 aliphatic heterocycles. The van der Waals surface area contributed by atoms with Crippen LogP contribution in [0.3, 0.4) is 0 Å². The first-order chi connectivity index (χ1) is 9.63. The summed E-state index contributed by atoms with van der Waals surface area (Å²) in [5.74, 6) is 1.08. The highest BCUT2D eigenvalue weighted by Crippen LogP contribution is 2.41. The number of carbonyl (C=O) groups is 1. The third-order valence-corrected chi connectivity index (χ3v) is 4.48. The number of amides is 1. The first kappa shape index (κ1) is 13.4. The second kappa shape index (κ2) is 5.05. The van der Waals surface area contributed by atoms with E-state index < -0.39 is 0 Å². The quantitative estimate of drug-likeness (QED) is 0.680. The molecule has 1 spiro atoms. The molecule has 2 aliphatic rings. The summed E-state index contributed by atoms with van der Waals surface area (Å²) in [6.45, 7) is 2.31. The van der Waals surface area contributed by atoms with Gasteiger partial charge in [0.15, 0.2) is 0 Å². The zero-order valence-corrected chi connectivity index (χ0v) is 12.3. The summed E-state index contributed by atoms with van der Waals surface area (Å²) in [5.41, 5.74) is 0.917. The van der Waals surface area contributed by atoms with Crippen LogP contribution in [-0.4, -0.2) is 36.0 Å². The molecular weight excluding hydrogens is 272 g/mol. The second-order valence-corrected chi connectivity index (χ2v) is 6.06. The van der Waals surface area contributed by atoms with Crippen molar-refractivity contribution in [2.75, 3.05) is 20.2 Å². The molecule has 2 heterocycles. The maximum Gasteiger partial charge on any atom is 0.231 e. The van der Waals surface area contributed by atoms with Crippen molar-refractivity contribution < 1.29 is 9.53 Å². The fourth-order valence-electron chi connectivity index (χ4n) is 3.04. The molecule has 0 aliphatic carbocycles. The first-order valence-electron chi connectivity index (χ1n) is 6.82. The van der Waals surface area contributed by atoms with Gasteiger partial charge in [-0.15, -0.1) is 0 Å². The molecule has 1 unspecified atom stereocenters. The number of hydrogen-bond donors (Lipinski definition) is 1. The largest absolute Gasteiger partial charge is 0.497 e. The van der Waals surface area contributed by atoms with Crippen molar-refractivity contribution >= 4 is 23.1 Å². The molecule has 2 fully saturated rings. The Morgan fingerprint density at radius 2 is 2.15 bits per heavy atom. The van der Waals surface area contributed by atoms with E-state index in [0.29, 0.717) is 13.0 Å². The van der Waals surface area contributed by atoms with Crippen LogP contribution in [0.15, 0.2) is 24.3 Å². The van der Waals surface area contributed by atoms with Gasteiger partial charge in [-0.2, -0.15) is 0 Å². The molecule has 5 heteroatoms. The van der Waals surface area contributed by atoms with E-state index in [-0.39, 0.29) is 11.3 Å². The first-order valence-corrected chi connectivity index (χ1v) is 7.23. The van der Waals surface area contributed by atoms with Gasteiger partial charge in [-0.25, -0.2) is 0 Å². The maximum atomic E-state index is 12.4. The van der Waals surface area contributed by atoms with Gasteiger partial charge in [0.2, 0.25) is 5.91 Å². The molecule has 0 saturated carbocycles. The van der Waals surface area contributed by atoms with Crippen molar-refractivity contribution in [2.45, 2.75) is 19.4 Å². The number of ether oxygens (including phenoxy) is 1. The Labute approximate surface area is 124 Å². The van der Waals surface area contributed by atoms with Crippen molar-refractivity contribution in [3.8, 4) is 5.75 Å². The van der Waals surface area contributed by atoms with Gasteiger partial charge in [0, 0.05) is 26.1 Å². The fraction of sp³-hybridized carbons (Fsp3) is 0.467. The minimum atomic E-state index is -0.213. The smallest absolute Gasteiger partial charge is 0.231 e. The molecule has 4 nitrogen and oxygen atoms in total. The van der Waals surface area contributed by atoms with Crippen molar-refractivity contribution in [3.05, 3.63) is 29.8 Å². The Morgan fingerprint density at radius 1 is 1.40 bits per heavy atom. The highest BCUT2D eigenvalue weighted by atomic mass is 32.1. The lowest BCUT2D eigenvalue weighted by Crippen LogP contribution is -2.64. The number of nitrogens with one attached hydrogen (secondary N) is 1. The van der Waals surface area contributed by atoms with Gasteiger partial charge in [-0.3, -0.25) is 4.79 Å². The molecule has 0 bridgehead atoms. The lowest BCUT2D eigenvalue weighted by Gasteiger charge is -2.51. The summed E-state index contributed by atoms with van der Waals surface area (Å²) < 4.78 is 5.14. The van der Waals surface area contributed by atoms with Crippen LogP contribution in [0.4, 0.5) is 0 Å². The third-order valence-electron chi connectivity index (χ3n) is 4.19. The molecule has 20 heavy (non-hydrogen) atoms. The number of likely N-dealkylation sites (tertiary alicyclic amines) is 1. The van der Waals surface area contributed by atoms with Crippen LogP contribution < -0.4 is 10.1 Å². The molecule has 1 aromatic rings. The molecule has 1 N–H and O–H groups in total. The SMILES string of the molecule is COc1ccc(CN2CC3(CCNC(=S)C3)C2=O)cc1. The number of hydrogen-bond acceptors (Lipinski definition) is 3. The number of thiocarbonyl (C=S) groups is 1. The Balaban J connectivity index is 1.63. The number of rotatable bonds is 3. The Morgan fingerprint density at radius 3 is 2.75 bits per heavy atom. The lowest BCUT2D eigenvalue weighted by molar-refractivity contribution is -0.161. The van der Waals surface area contributed by atoms with Crippen LogP contribution in [0.2, 0.25) is 0 Å². The van der Waals surface area contributed by atoms with Gasteiger partial charge in [0.25, 0.3) is 0 Å². The van der Waals surface area contributed by atoms with Gasteiger partial charge in [0.05, 0.1) is 17.5 Å². The monoisotopic (exact) mass is 290 g/mol. The van der Waals surface area contributed by atoms with E-state index in [9.17, 15) is 4.79 Å². The zero-order valence-electron chi connectivity index (χ0n) is 11.5. The average molecular weight is 290 g/mol. The number of benzene rings is 1. The van der Waals surface area contributed by atoms with Crippen molar-refractivity contribution in [1.82, 2.24) is 10.2 Å². The van der Waals surface area contributed by atoms with E-state index in [1.54, 1.807) is 7.11 Å². The predicted molar refractivity (Wildman–Crippen MR) is 80.7 cm³/mol. The van der Waals surface area contributed by atoms with Crippen molar-refractivity contribution in [1.29, 1.82) is 0 Å². The molecule has 2 saturated heterocycles. The molecular formula is C15H18N2O2S. The Bertz CT molecular complexity index is 543. The van der Waals surface area contributed by atoms with Gasteiger partial charge >= 0.3 is 0 Å². The summed E-state index contributed by atoms with van der Waals surface area (Å²) in [6.07, 6.45) is 1.60. The maximum absolute atomic E-state index is 12.4. The van der Waals surface area contributed by atoms with Crippen LogP contribution in [0, 0.1) is 5.41 Å². The van der Waals surface area contributed by atoms with Crippen LogP contribution in [0.5, 0.6) is 5.75 Å². The topological polar surface area (TPSA) is 41.6 Å². The number of methoxy groups -OCH3 is 1. The third kappa shape index (κ3) is 2.26. The minimum Gasteiger partial charge on any atom is -0.497 e.